The van der Waals surface area contributed by atoms with Crippen LogP contribution in [0.15, 0.2) is 17.5 Å². The van der Waals surface area contributed by atoms with Crippen molar-refractivity contribution < 1.29 is 9.90 Å². The number of benzene rings is 1. The molecule has 0 radical (unpaired) electrons. The summed E-state index contributed by atoms with van der Waals surface area (Å²) in [6.45, 7) is 2.32. The molecule has 0 aliphatic carbocycles. The van der Waals surface area contributed by atoms with Crippen molar-refractivity contribution in [2.24, 2.45) is 0 Å². The van der Waals surface area contributed by atoms with Gasteiger partial charge >= 0.3 is 5.97 Å². The summed E-state index contributed by atoms with van der Waals surface area (Å²) in [6.07, 6.45) is 0. The van der Waals surface area contributed by atoms with E-state index >= 15 is 0 Å². The van der Waals surface area contributed by atoms with Crippen LogP contribution >= 0.6 is 22.9 Å². The van der Waals surface area contributed by atoms with Crippen LogP contribution in [-0.4, -0.2) is 16.1 Å². The molecule has 2 rings (SSSR count). The van der Waals surface area contributed by atoms with Gasteiger partial charge in [0.05, 0.1) is 33.5 Å². The normalized spacial score (nSPS) is 10.4. The number of nitrogen functional groups attached to an aromatic ring is 1. The predicted octanol–water partition coefficient (Wildman–Crippen LogP) is 3.00. The van der Waals surface area contributed by atoms with E-state index in [4.69, 9.17) is 22.4 Å². The van der Waals surface area contributed by atoms with E-state index in [-0.39, 0.29) is 10.6 Å². The second kappa shape index (κ2) is 5.46. The number of nitrogens with zero attached hydrogens (tertiary/aromatic N) is 1. The molecule has 0 saturated carbocycles. The number of thiazole rings is 1. The van der Waals surface area contributed by atoms with Crippen molar-refractivity contribution >= 4 is 40.3 Å². The first-order chi connectivity index (χ1) is 8.97. The Kier molecular flexibility index (Phi) is 3.92. The predicted molar refractivity (Wildman–Crippen MR) is 77.0 cm³/mol. The maximum Gasteiger partial charge on any atom is 0.337 e. The van der Waals surface area contributed by atoms with Crippen molar-refractivity contribution in [2.75, 3.05) is 11.1 Å². The summed E-state index contributed by atoms with van der Waals surface area (Å²) >= 11 is 7.56. The summed E-state index contributed by atoms with van der Waals surface area (Å²) in [5, 5.41) is 15.3. The van der Waals surface area contributed by atoms with E-state index < -0.39 is 5.97 Å². The minimum absolute atomic E-state index is 0.0527. The molecule has 0 fully saturated rings. The van der Waals surface area contributed by atoms with Crippen LogP contribution in [-0.2, 0) is 6.54 Å². The minimum Gasteiger partial charge on any atom is -0.478 e. The van der Waals surface area contributed by atoms with Crippen molar-refractivity contribution in [1.29, 1.82) is 0 Å². The van der Waals surface area contributed by atoms with Gasteiger partial charge in [0.1, 0.15) is 0 Å². The van der Waals surface area contributed by atoms with Gasteiger partial charge in [-0.2, -0.15) is 0 Å². The van der Waals surface area contributed by atoms with Crippen LogP contribution in [0.25, 0.3) is 0 Å². The summed E-state index contributed by atoms with van der Waals surface area (Å²) in [4.78, 5) is 15.5. The topological polar surface area (TPSA) is 88.2 Å². The van der Waals surface area contributed by atoms with Crippen LogP contribution < -0.4 is 11.1 Å². The van der Waals surface area contributed by atoms with Gasteiger partial charge in [-0.15, -0.1) is 11.3 Å². The first-order valence-corrected chi connectivity index (χ1v) is 6.70. The van der Waals surface area contributed by atoms with Gasteiger partial charge in [-0.3, -0.25) is 0 Å². The lowest BCUT2D eigenvalue weighted by molar-refractivity contribution is 0.0698. The molecule has 0 bridgehead atoms. The SMILES string of the molecule is Cc1nc(CNc2c(Cl)cc(N)cc2C(=O)O)cs1. The van der Waals surface area contributed by atoms with E-state index in [0.29, 0.717) is 17.9 Å². The number of carboxylic acids is 1. The van der Waals surface area contributed by atoms with Gasteiger partial charge in [0.2, 0.25) is 0 Å². The van der Waals surface area contributed by atoms with Gasteiger partial charge in [-0.05, 0) is 19.1 Å². The Morgan fingerprint density at radius 2 is 2.32 bits per heavy atom. The minimum atomic E-state index is -1.08. The van der Waals surface area contributed by atoms with E-state index in [1.807, 2.05) is 12.3 Å². The van der Waals surface area contributed by atoms with Crippen LogP contribution in [0.2, 0.25) is 5.02 Å². The number of hydrogen-bond acceptors (Lipinski definition) is 5. The van der Waals surface area contributed by atoms with Gasteiger partial charge in [0, 0.05) is 11.1 Å². The molecular weight excluding hydrogens is 286 g/mol. The highest BCUT2D eigenvalue weighted by Crippen LogP contribution is 2.29. The number of carbonyl (C=O) groups is 1. The van der Waals surface area contributed by atoms with Gasteiger partial charge in [-0.1, -0.05) is 11.6 Å². The monoisotopic (exact) mass is 297 g/mol. The molecule has 0 aliphatic rings. The number of aryl methyl sites for hydroxylation is 1. The molecule has 5 nitrogen and oxygen atoms in total. The largest absolute Gasteiger partial charge is 0.478 e. The van der Waals surface area contributed by atoms with Gasteiger partial charge in [0.15, 0.2) is 0 Å². The standard InChI is InChI=1S/C12H12ClN3O2S/c1-6-16-8(5-19-6)4-15-11-9(12(17)18)2-7(14)3-10(11)13/h2-3,5,15H,4,14H2,1H3,(H,17,18). The van der Waals surface area contributed by atoms with Crippen molar-refractivity contribution in [2.45, 2.75) is 13.5 Å². The van der Waals surface area contributed by atoms with Gasteiger partial charge < -0.3 is 16.2 Å². The maximum atomic E-state index is 11.2. The fraction of sp³-hybridized carbons (Fsp3) is 0.167. The number of hydrogen-bond donors (Lipinski definition) is 3. The third-order valence-electron chi connectivity index (χ3n) is 2.46. The van der Waals surface area contributed by atoms with Crippen LogP contribution in [0.4, 0.5) is 11.4 Å². The molecule has 0 amide bonds. The number of carboxylic acid groups (broad SMARTS) is 1. The molecule has 1 heterocycles. The van der Waals surface area contributed by atoms with Crippen molar-refractivity contribution in [3.05, 3.63) is 38.8 Å². The lowest BCUT2D eigenvalue weighted by Gasteiger charge is -2.11. The Bertz CT molecular complexity index is 627. The zero-order valence-corrected chi connectivity index (χ0v) is 11.7. The number of nitrogens with one attached hydrogen (secondary N) is 1. The Morgan fingerprint density at radius 3 is 2.89 bits per heavy atom. The zero-order chi connectivity index (χ0) is 14.0. The smallest absolute Gasteiger partial charge is 0.337 e. The highest BCUT2D eigenvalue weighted by atomic mass is 35.5. The molecule has 100 valence electrons. The molecule has 0 atom stereocenters. The average Bonchev–Trinajstić information content (AvgIpc) is 2.73. The van der Waals surface area contributed by atoms with E-state index in [9.17, 15) is 4.79 Å². The van der Waals surface area contributed by atoms with Crippen LogP contribution in [0.5, 0.6) is 0 Å². The quantitative estimate of drug-likeness (QED) is 0.755. The van der Waals surface area contributed by atoms with E-state index in [1.54, 1.807) is 0 Å². The molecule has 0 unspecified atom stereocenters. The van der Waals surface area contributed by atoms with E-state index in [1.165, 1.54) is 23.5 Å². The lowest BCUT2D eigenvalue weighted by atomic mass is 10.1. The van der Waals surface area contributed by atoms with Gasteiger partial charge in [0.25, 0.3) is 0 Å². The van der Waals surface area contributed by atoms with Crippen molar-refractivity contribution in [3.8, 4) is 0 Å². The van der Waals surface area contributed by atoms with Crippen LogP contribution in [0.1, 0.15) is 21.1 Å². The molecule has 19 heavy (non-hydrogen) atoms. The Morgan fingerprint density at radius 1 is 1.58 bits per heavy atom. The van der Waals surface area contributed by atoms with Crippen molar-refractivity contribution in [3.63, 3.8) is 0 Å². The van der Waals surface area contributed by atoms with E-state index in [0.717, 1.165) is 10.7 Å². The highest BCUT2D eigenvalue weighted by molar-refractivity contribution is 7.09. The molecule has 7 heteroatoms. The lowest BCUT2D eigenvalue weighted by Crippen LogP contribution is -2.08. The fourth-order valence-corrected chi connectivity index (χ4v) is 2.55. The summed E-state index contributed by atoms with van der Waals surface area (Å²) in [7, 11) is 0. The maximum absolute atomic E-state index is 11.2. The van der Waals surface area contributed by atoms with Crippen molar-refractivity contribution in [1.82, 2.24) is 4.98 Å². The third-order valence-corrected chi connectivity index (χ3v) is 3.58. The molecule has 1 aromatic heterocycles. The van der Waals surface area contributed by atoms with Gasteiger partial charge in [-0.25, -0.2) is 9.78 Å². The number of halogens is 1. The Hall–Kier alpha value is -1.79. The van der Waals surface area contributed by atoms with Crippen LogP contribution in [0, 0.1) is 6.92 Å². The Balaban J connectivity index is 2.26. The fourth-order valence-electron chi connectivity index (χ4n) is 1.64. The first-order valence-electron chi connectivity index (χ1n) is 5.44. The summed E-state index contributed by atoms with van der Waals surface area (Å²) < 4.78 is 0. The number of nitrogens with two attached hydrogens (primary N) is 1. The molecule has 0 saturated heterocycles. The first kappa shape index (κ1) is 13.6. The molecule has 1 aromatic carbocycles. The average molecular weight is 298 g/mol. The number of aromatic carboxylic acids is 1. The molecule has 0 aliphatic heterocycles. The highest BCUT2D eigenvalue weighted by Gasteiger charge is 2.14. The number of rotatable bonds is 4. The second-order valence-electron chi connectivity index (χ2n) is 3.94. The molecule has 2 aromatic rings. The second-order valence-corrected chi connectivity index (χ2v) is 5.41. The molecule has 0 spiro atoms. The molecule has 4 N–H and O–H groups in total. The van der Waals surface area contributed by atoms with E-state index in [2.05, 4.69) is 10.3 Å². The summed E-state index contributed by atoms with van der Waals surface area (Å²) in [5.74, 6) is -1.08. The summed E-state index contributed by atoms with van der Waals surface area (Å²) in [5.41, 5.74) is 7.16. The van der Waals surface area contributed by atoms with Crippen LogP contribution in [0.3, 0.4) is 0 Å². The Labute approximate surface area is 119 Å². The summed E-state index contributed by atoms with van der Waals surface area (Å²) in [6, 6.07) is 2.89. The zero-order valence-electron chi connectivity index (χ0n) is 10.1. The molecular formula is C12H12ClN3O2S. The number of aromatic nitrogens is 1. The third kappa shape index (κ3) is 3.15. The number of anilines is 2.